The highest BCUT2D eigenvalue weighted by atomic mass is 16.5. The fraction of sp³-hybridized carbons (Fsp3) is 0.667. The number of hydrogen-bond acceptors (Lipinski definition) is 3. The molecule has 1 aromatic carbocycles. The number of benzene rings is 1. The Kier molecular flexibility index (Phi) is 7.76. The van der Waals surface area contributed by atoms with Crippen LogP contribution in [0, 0.1) is 5.92 Å². The van der Waals surface area contributed by atoms with Crippen LogP contribution in [0.25, 0.3) is 0 Å². The van der Waals surface area contributed by atoms with Crippen LogP contribution < -0.4 is 10.5 Å². The molecule has 1 aromatic rings. The second-order valence-corrected chi connectivity index (χ2v) is 6.09. The minimum Gasteiger partial charge on any atom is -0.497 e. The molecule has 0 radical (unpaired) electrons. The Hall–Kier alpha value is -1.06. The van der Waals surface area contributed by atoms with Gasteiger partial charge in [0.05, 0.1) is 7.11 Å². The van der Waals surface area contributed by atoms with Gasteiger partial charge in [-0.25, -0.2) is 0 Å². The van der Waals surface area contributed by atoms with Crippen molar-refractivity contribution in [2.75, 3.05) is 20.2 Å². The molecule has 1 unspecified atom stereocenters. The van der Waals surface area contributed by atoms with Gasteiger partial charge in [0.25, 0.3) is 0 Å². The number of rotatable bonds is 9. The molecule has 0 spiro atoms. The molecule has 1 rings (SSSR count). The predicted molar refractivity (Wildman–Crippen MR) is 90.7 cm³/mol. The highest BCUT2D eigenvalue weighted by Gasteiger charge is 2.25. The molecular weight excluding hydrogens is 260 g/mol. The van der Waals surface area contributed by atoms with E-state index in [9.17, 15) is 0 Å². The van der Waals surface area contributed by atoms with E-state index in [1.807, 2.05) is 6.07 Å². The van der Waals surface area contributed by atoms with Crippen LogP contribution in [0.1, 0.15) is 52.1 Å². The van der Waals surface area contributed by atoms with Crippen molar-refractivity contribution in [3.63, 3.8) is 0 Å². The van der Waals surface area contributed by atoms with E-state index < -0.39 is 0 Å². The summed E-state index contributed by atoms with van der Waals surface area (Å²) < 4.78 is 5.36. The van der Waals surface area contributed by atoms with Gasteiger partial charge in [-0.15, -0.1) is 0 Å². The molecule has 120 valence electrons. The molecule has 0 aliphatic rings. The Labute approximate surface area is 130 Å². The molecule has 0 fully saturated rings. The van der Waals surface area contributed by atoms with Crippen LogP contribution in [0.4, 0.5) is 0 Å². The van der Waals surface area contributed by atoms with Crippen LogP contribution in [-0.2, 0) is 0 Å². The first kappa shape index (κ1) is 18.0. The number of nitrogens with two attached hydrogens (primary N) is 1. The summed E-state index contributed by atoms with van der Waals surface area (Å²) in [6.45, 7) is 10.8. The Morgan fingerprint density at radius 1 is 1.19 bits per heavy atom. The lowest BCUT2D eigenvalue weighted by atomic mass is 9.99. The maximum absolute atomic E-state index is 6.14. The summed E-state index contributed by atoms with van der Waals surface area (Å²) in [4.78, 5) is 2.58. The van der Waals surface area contributed by atoms with E-state index in [2.05, 4.69) is 50.8 Å². The summed E-state index contributed by atoms with van der Waals surface area (Å²) >= 11 is 0. The number of hydrogen-bond donors (Lipinski definition) is 1. The molecule has 0 saturated heterocycles. The van der Waals surface area contributed by atoms with Gasteiger partial charge in [0.1, 0.15) is 5.75 Å². The Bertz CT molecular complexity index is 402. The van der Waals surface area contributed by atoms with Crippen LogP contribution in [0.5, 0.6) is 5.75 Å². The number of ether oxygens (including phenoxy) is 1. The average molecular weight is 292 g/mol. The van der Waals surface area contributed by atoms with Gasteiger partial charge in [0, 0.05) is 25.2 Å². The fourth-order valence-electron chi connectivity index (χ4n) is 3.02. The molecule has 0 saturated carbocycles. The van der Waals surface area contributed by atoms with Crippen molar-refractivity contribution < 1.29 is 4.74 Å². The minimum atomic E-state index is 0.257. The molecule has 3 heteroatoms. The molecular formula is C18H32N2O. The summed E-state index contributed by atoms with van der Waals surface area (Å²) in [5.41, 5.74) is 7.39. The van der Waals surface area contributed by atoms with E-state index in [1.54, 1.807) is 7.11 Å². The van der Waals surface area contributed by atoms with E-state index >= 15 is 0 Å². The van der Waals surface area contributed by atoms with Crippen molar-refractivity contribution in [2.45, 2.75) is 52.6 Å². The van der Waals surface area contributed by atoms with Crippen molar-refractivity contribution >= 4 is 0 Å². The van der Waals surface area contributed by atoms with E-state index in [0.29, 0.717) is 18.5 Å². The van der Waals surface area contributed by atoms with Crippen LogP contribution in [0.15, 0.2) is 24.3 Å². The molecule has 0 amide bonds. The van der Waals surface area contributed by atoms with Gasteiger partial charge in [-0.3, -0.25) is 4.90 Å². The molecule has 21 heavy (non-hydrogen) atoms. The van der Waals surface area contributed by atoms with Crippen molar-refractivity contribution in [1.29, 1.82) is 0 Å². The smallest absolute Gasteiger partial charge is 0.119 e. The number of nitrogens with zero attached hydrogens (tertiary/aromatic N) is 1. The van der Waals surface area contributed by atoms with Crippen LogP contribution in [-0.4, -0.2) is 31.1 Å². The normalized spacial score (nSPS) is 13.2. The summed E-state index contributed by atoms with van der Waals surface area (Å²) in [6.07, 6.45) is 2.31. The van der Waals surface area contributed by atoms with Crippen LogP contribution in [0.3, 0.4) is 0 Å². The molecule has 2 N–H and O–H groups in total. The maximum atomic E-state index is 6.14. The summed E-state index contributed by atoms with van der Waals surface area (Å²) in [6, 6.07) is 9.15. The van der Waals surface area contributed by atoms with E-state index in [1.165, 1.54) is 5.56 Å². The molecule has 0 heterocycles. The second-order valence-electron chi connectivity index (χ2n) is 6.09. The fourth-order valence-corrected chi connectivity index (χ4v) is 3.02. The first-order valence-corrected chi connectivity index (χ1v) is 8.17. The third-order valence-electron chi connectivity index (χ3n) is 4.09. The number of methoxy groups -OCH3 is 1. The standard InChI is InChI=1S/C18H32N2O/c1-6-16(7-2)20(13-14(3)4)18(12-19)15-9-8-10-17(11-15)21-5/h8-11,14,16,18H,6-7,12-13,19H2,1-5H3. The Balaban J connectivity index is 3.09. The molecule has 0 aliphatic heterocycles. The summed E-state index contributed by atoms with van der Waals surface area (Å²) in [7, 11) is 1.71. The first-order chi connectivity index (χ1) is 10.1. The van der Waals surface area contributed by atoms with E-state index in [4.69, 9.17) is 10.5 Å². The second kappa shape index (κ2) is 9.06. The average Bonchev–Trinajstić information content (AvgIpc) is 2.48. The summed E-state index contributed by atoms with van der Waals surface area (Å²) in [5, 5.41) is 0. The minimum absolute atomic E-state index is 0.257. The zero-order chi connectivity index (χ0) is 15.8. The first-order valence-electron chi connectivity index (χ1n) is 8.17. The zero-order valence-corrected chi connectivity index (χ0v) is 14.3. The third-order valence-corrected chi connectivity index (χ3v) is 4.09. The van der Waals surface area contributed by atoms with Crippen molar-refractivity contribution in [3.8, 4) is 5.75 Å². The molecule has 1 atom stereocenters. The van der Waals surface area contributed by atoms with Gasteiger partial charge in [0.15, 0.2) is 0 Å². The Morgan fingerprint density at radius 2 is 1.86 bits per heavy atom. The lowest BCUT2D eigenvalue weighted by Gasteiger charge is -2.38. The largest absolute Gasteiger partial charge is 0.497 e. The SMILES string of the molecule is CCC(CC)N(CC(C)C)C(CN)c1cccc(OC)c1. The maximum Gasteiger partial charge on any atom is 0.119 e. The van der Waals surface area contributed by atoms with Gasteiger partial charge in [-0.05, 0) is 36.5 Å². The highest BCUT2D eigenvalue weighted by molar-refractivity contribution is 5.31. The monoisotopic (exact) mass is 292 g/mol. The quantitative estimate of drug-likeness (QED) is 0.751. The lowest BCUT2D eigenvalue weighted by Crippen LogP contribution is -2.43. The lowest BCUT2D eigenvalue weighted by molar-refractivity contribution is 0.112. The van der Waals surface area contributed by atoms with E-state index in [0.717, 1.165) is 25.1 Å². The topological polar surface area (TPSA) is 38.5 Å². The molecule has 0 aromatic heterocycles. The van der Waals surface area contributed by atoms with Gasteiger partial charge in [-0.1, -0.05) is 39.8 Å². The molecule has 3 nitrogen and oxygen atoms in total. The predicted octanol–water partition coefficient (Wildman–Crippen LogP) is 3.84. The van der Waals surface area contributed by atoms with Gasteiger partial charge in [0.2, 0.25) is 0 Å². The Morgan fingerprint density at radius 3 is 2.33 bits per heavy atom. The van der Waals surface area contributed by atoms with Crippen LogP contribution in [0.2, 0.25) is 0 Å². The van der Waals surface area contributed by atoms with Crippen molar-refractivity contribution in [1.82, 2.24) is 4.90 Å². The van der Waals surface area contributed by atoms with Crippen molar-refractivity contribution in [2.24, 2.45) is 11.7 Å². The van der Waals surface area contributed by atoms with Crippen LogP contribution >= 0.6 is 0 Å². The summed E-state index contributed by atoms with van der Waals surface area (Å²) in [5.74, 6) is 1.53. The third kappa shape index (κ3) is 5.01. The zero-order valence-electron chi connectivity index (χ0n) is 14.3. The van der Waals surface area contributed by atoms with Gasteiger partial charge < -0.3 is 10.5 Å². The van der Waals surface area contributed by atoms with Crippen molar-refractivity contribution in [3.05, 3.63) is 29.8 Å². The highest BCUT2D eigenvalue weighted by Crippen LogP contribution is 2.28. The molecule has 0 bridgehead atoms. The van der Waals surface area contributed by atoms with Gasteiger partial charge >= 0.3 is 0 Å². The molecule has 0 aliphatic carbocycles. The van der Waals surface area contributed by atoms with Gasteiger partial charge in [-0.2, -0.15) is 0 Å². The van der Waals surface area contributed by atoms with E-state index in [-0.39, 0.29) is 6.04 Å².